The Morgan fingerprint density at radius 3 is 1.42 bits per heavy atom. The third-order valence-electron chi connectivity index (χ3n) is 9.16. The first-order valence-corrected chi connectivity index (χ1v) is 20.4. The van der Waals surface area contributed by atoms with Gasteiger partial charge in [-0.2, -0.15) is 5.26 Å². The van der Waals surface area contributed by atoms with Gasteiger partial charge in [-0.1, -0.05) is 188 Å². The van der Waals surface area contributed by atoms with Crippen molar-refractivity contribution >= 4 is 17.6 Å². The molecule has 59 heavy (non-hydrogen) atoms. The summed E-state index contributed by atoms with van der Waals surface area (Å²) < 4.78 is 25.7. The average Bonchev–Trinajstić information content (AvgIpc) is 3.12. The largest absolute Gasteiger partial charge is 0.478 e. The standard InChI is InChI=1S/C11H15F.C11H13N.C11H14O2.C10H12ClF.C10H14/c1-8-5-9(11(2,3)4)7-10(12)6-8;1-11(2,3)10-6-4-5-9(7-10)8-12;1-11(2,3)9-7-5-4-6-8(9)10(12)13;1-10(2,3)7-4-5-9(12)8(11)6-7;1-10(2,3)9-7-5-4-6-8-9/h5-7H,1-4H3;4-7H,1-3H3;4-7H,1-3H3,(H,12,13);4-6H,1-3H3;4-8H,1-3H3. The Morgan fingerprint density at radius 2 is 1.02 bits per heavy atom. The smallest absolute Gasteiger partial charge is 0.335 e. The van der Waals surface area contributed by atoms with E-state index in [9.17, 15) is 13.6 Å². The second-order valence-corrected chi connectivity index (χ2v) is 20.2. The second kappa shape index (κ2) is 22.0. The van der Waals surface area contributed by atoms with Gasteiger partial charge >= 0.3 is 5.97 Å². The van der Waals surface area contributed by atoms with Crippen LogP contribution in [0.5, 0.6) is 0 Å². The van der Waals surface area contributed by atoms with E-state index in [4.69, 9.17) is 22.0 Å². The molecule has 0 aliphatic rings. The number of aromatic carboxylic acids is 1. The fourth-order valence-corrected chi connectivity index (χ4v) is 5.63. The molecule has 5 rings (SSSR count). The van der Waals surface area contributed by atoms with E-state index in [-0.39, 0.29) is 38.3 Å². The van der Waals surface area contributed by atoms with Crippen LogP contribution in [0.15, 0.2) is 115 Å². The number of aryl methyl sites for hydroxylation is 1. The predicted octanol–water partition coefficient (Wildman–Crippen LogP) is 15.7. The van der Waals surface area contributed by atoms with Crippen molar-refractivity contribution in [1.82, 2.24) is 0 Å². The molecule has 0 amide bonds. The number of hydrogen-bond donors (Lipinski definition) is 1. The number of benzene rings is 5. The minimum Gasteiger partial charge on any atom is -0.478 e. The first-order valence-electron chi connectivity index (χ1n) is 20.0. The monoisotopic (exact) mass is 823 g/mol. The molecule has 0 aliphatic heterocycles. The van der Waals surface area contributed by atoms with Gasteiger partial charge in [0.25, 0.3) is 0 Å². The summed E-state index contributed by atoms with van der Waals surface area (Å²) in [7, 11) is 0. The number of carbonyl (C=O) groups is 1. The van der Waals surface area contributed by atoms with Crippen LogP contribution in [0.2, 0.25) is 5.02 Å². The van der Waals surface area contributed by atoms with Crippen LogP contribution >= 0.6 is 11.6 Å². The number of nitrogens with zero attached hydrogens (tertiary/aromatic N) is 1. The van der Waals surface area contributed by atoms with Crippen molar-refractivity contribution in [3.8, 4) is 6.07 Å². The molecule has 1 N–H and O–H groups in total. The number of rotatable bonds is 1. The number of halogens is 3. The van der Waals surface area contributed by atoms with Gasteiger partial charge in [-0.3, -0.25) is 0 Å². The first-order chi connectivity index (χ1) is 26.9. The molecule has 5 aromatic carbocycles. The minimum absolute atomic E-state index is 0.0251. The molecule has 0 saturated carbocycles. The first kappa shape index (κ1) is 52.2. The van der Waals surface area contributed by atoms with E-state index < -0.39 is 5.97 Å². The van der Waals surface area contributed by atoms with E-state index in [1.807, 2.05) is 64.1 Å². The third kappa shape index (κ3) is 19.2. The Hall–Kier alpha value is -4.79. The zero-order chi connectivity index (χ0) is 45.6. The third-order valence-corrected chi connectivity index (χ3v) is 9.45. The normalized spacial score (nSPS) is 11.4. The van der Waals surface area contributed by atoms with Gasteiger partial charge in [0.2, 0.25) is 0 Å². The molecule has 0 bridgehead atoms. The molecule has 0 saturated heterocycles. The summed E-state index contributed by atoms with van der Waals surface area (Å²) in [6.07, 6.45) is 0. The van der Waals surface area contributed by atoms with Crippen molar-refractivity contribution in [3.63, 3.8) is 0 Å². The van der Waals surface area contributed by atoms with Gasteiger partial charge in [-0.05, 0) is 110 Å². The molecule has 0 fully saturated rings. The Morgan fingerprint density at radius 1 is 0.542 bits per heavy atom. The summed E-state index contributed by atoms with van der Waals surface area (Å²) in [5.74, 6) is -1.35. The average molecular weight is 825 g/mol. The number of carboxylic acid groups (broad SMARTS) is 1. The van der Waals surface area contributed by atoms with Crippen molar-refractivity contribution in [1.29, 1.82) is 5.26 Å². The Labute approximate surface area is 360 Å². The fourth-order valence-electron chi connectivity index (χ4n) is 5.45. The summed E-state index contributed by atoms with van der Waals surface area (Å²) in [4.78, 5) is 10.9. The summed E-state index contributed by atoms with van der Waals surface area (Å²) >= 11 is 5.64. The highest BCUT2D eigenvalue weighted by atomic mass is 35.5. The predicted molar refractivity (Wildman–Crippen MR) is 247 cm³/mol. The second-order valence-electron chi connectivity index (χ2n) is 19.8. The van der Waals surface area contributed by atoms with E-state index in [0.717, 1.165) is 27.8 Å². The van der Waals surface area contributed by atoms with Crippen LogP contribution in [0, 0.1) is 29.9 Å². The zero-order valence-corrected chi connectivity index (χ0v) is 39.2. The molecular formula is C53H68ClF2NO2. The van der Waals surface area contributed by atoms with Gasteiger partial charge in [-0.15, -0.1) is 0 Å². The molecule has 3 nitrogen and oxygen atoms in total. The quantitative estimate of drug-likeness (QED) is 0.183. The molecule has 0 aromatic heterocycles. The van der Waals surface area contributed by atoms with E-state index in [0.29, 0.717) is 11.0 Å². The van der Waals surface area contributed by atoms with Crippen LogP contribution in [-0.2, 0) is 27.1 Å². The number of hydrogen-bond acceptors (Lipinski definition) is 2. The Kier molecular flexibility index (Phi) is 19.5. The Balaban J connectivity index is 0.000000370. The number of nitriles is 1. The van der Waals surface area contributed by atoms with Crippen LogP contribution in [0.25, 0.3) is 0 Å². The maximum atomic E-state index is 13.0. The van der Waals surface area contributed by atoms with Crippen molar-refractivity contribution < 1.29 is 18.7 Å². The highest BCUT2D eigenvalue weighted by Gasteiger charge is 2.20. The maximum Gasteiger partial charge on any atom is 0.335 e. The van der Waals surface area contributed by atoms with Gasteiger partial charge in [0.05, 0.1) is 22.2 Å². The molecule has 0 heterocycles. The van der Waals surface area contributed by atoms with Crippen molar-refractivity contribution in [3.05, 3.63) is 176 Å². The van der Waals surface area contributed by atoms with E-state index in [1.54, 1.807) is 36.4 Å². The Bertz CT molecular complexity index is 2100. The fraction of sp³-hybridized carbons (Fsp3) is 0.396. The highest BCUT2D eigenvalue weighted by molar-refractivity contribution is 6.30. The molecule has 6 heteroatoms. The van der Waals surface area contributed by atoms with Crippen molar-refractivity contribution in [2.24, 2.45) is 0 Å². The van der Waals surface area contributed by atoms with Crippen LogP contribution in [0.1, 0.15) is 153 Å². The molecule has 318 valence electrons. The van der Waals surface area contributed by atoms with Gasteiger partial charge in [-0.25, -0.2) is 13.6 Å². The van der Waals surface area contributed by atoms with Gasteiger partial charge in [0.15, 0.2) is 0 Å². The van der Waals surface area contributed by atoms with E-state index in [2.05, 4.69) is 126 Å². The lowest BCUT2D eigenvalue weighted by Gasteiger charge is -2.20. The minimum atomic E-state index is -0.856. The number of carboxylic acids is 1. The molecule has 0 unspecified atom stereocenters. The summed E-state index contributed by atoms with van der Waals surface area (Å²) in [5, 5.41) is 17.8. The van der Waals surface area contributed by atoms with Crippen molar-refractivity contribution in [2.45, 2.75) is 138 Å². The van der Waals surface area contributed by atoms with E-state index >= 15 is 0 Å². The van der Waals surface area contributed by atoms with Gasteiger partial charge < -0.3 is 5.11 Å². The SMILES string of the molecule is CC(C)(C)c1ccc(F)c(Cl)c1.CC(C)(C)c1cccc(C#N)c1.CC(C)(C)c1ccccc1.CC(C)(C)c1ccccc1C(=O)O.Cc1cc(F)cc(C(C)(C)C)c1. The molecular weight excluding hydrogens is 756 g/mol. The molecule has 0 aliphatic carbocycles. The van der Waals surface area contributed by atoms with Gasteiger partial charge in [0, 0.05) is 0 Å². The van der Waals surface area contributed by atoms with Crippen molar-refractivity contribution in [2.75, 3.05) is 0 Å². The van der Waals surface area contributed by atoms with Crippen LogP contribution in [0.3, 0.4) is 0 Å². The van der Waals surface area contributed by atoms with Gasteiger partial charge in [0.1, 0.15) is 11.6 Å². The molecule has 0 atom stereocenters. The lowest BCUT2D eigenvalue weighted by molar-refractivity contribution is 0.0694. The van der Waals surface area contributed by atoms with Crippen LogP contribution in [-0.4, -0.2) is 11.1 Å². The lowest BCUT2D eigenvalue weighted by Crippen LogP contribution is -2.16. The van der Waals surface area contributed by atoms with Crippen LogP contribution < -0.4 is 0 Å². The van der Waals surface area contributed by atoms with Crippen LogP contribution in [0.4, 0.5) is 8.78 Å². The van der Waals surface area contributed by atoms with E-state index in [1.165, 1.54) is 17.2 Å². The molecule has 0 spiro atoms. The summed E-state index contributed by atoms with van der Waals surface area (Å²) in [6, 6.07) is 37.6. The molecule has 5 aromatic rings. The topological polar surface area (TPSA) is 61.1 Å². The highest BCUT2D eigenvalue weighted by Crippen LogP contribution is 2.28. The lowest BCUT2D eigenvalue weighted by atomic mass is 9.84. The maximum absolute atomic E-state index is 13.0. The summed E-state index contributed by atoms with van der Waals surface area (Å²) in [5.41, 5.74) is 8.08. The summed E-state index contributed by atoms with van der Waals surface area (Å²) in [6.45, 7) is 33.5. The zero-order valence-electron chi connectivity index (χ0n) is 38.4. The molecule has 0 radical (unpaired) electrons.